The zero-order valence-corrected chi connectivity index (χ0v) is 15.3. The van der Waals surface area contributed by atoms with Crippen molar-refractivity contribution in [3.63, 3.8) is 0 Å². The summed E-state index contributed by atoms with van der Waals surface area (Å²) in [5.74, 6) is 0.0155. The summed E-state index contributed by atoms with van der Waals surface area (Å²) < 4.78 is 2.15. The number of Topliss-reactive ketones (excluding diaryl/α,β-unsaturated/α-hetero) is 1. The molecule has 2 aromatic rings. The first-order valence-corrected chi connectivity index (χ1v) is 9.07. The van der Waals surface area contributed by atoms with E-state index in [4.69, 9.17) is 0 Å². The Hall–Kier alpha value is -2.21. The van der Waals surface area contributed by atoms with Gasteiger partial charge in [0.1, 0.15) is 6.54 Å². The van der Waals surface area contributed by atoms with E-state index in [0.717, 1.165) is 10.0 Å². The van der Waals surface area contributed by atoms with Gasteiger partial charge in [-0.1, -0.05) is 30.3 Å². The minimum Gasteiger partial charge on any atom is -0.341 e. The normalized spacial score (nSPS) is 15.2. The van der Waals surface area contributed by atoms with Gasteiger partial charge in [0.15, 0.2) is 5.78 Å². The Morgan fingerprint density at radius 1 is 1.04 bits per heavy atom. The van der Waals surface area contributed by atoms with Gasteiger partial charge in [0.25, 0.3) is 5.56 Å². The van der Waals surface area contributed by atoms with Gasteiger partial charge in [-0.25, -0.2) is 0 Å². The first-order chi connectivity index (χ1) is 12.0. The maximum atomic E-state index is 12.5. The average Bonchev–Trinajstić information content (AvgIpc) is 2.65. The summed E-state index contributed by atoms with van der Waals surface area (Å²) in [6.07, 6.45) is 2.94. The van der Waals surface area contributed by atoms with Crippen molar-refractivity contribution in [3.05, 3.63) is 69.1 Å². The van der Waals surface area contributed by atoms with Gasteiger partial charge < -0.3 is 9.47 Å². The Balaban J connectivity index is 1.58. The highest BCUT2D eigenvalue weighted by molar-refractivity contribution is 9.10. The number of benzene rings is 1. The Morgan fingerprint density at radius 2 is 1.72 bits per heavy atom. The summed E-state index contributed by atoms with van der Waals surface area (Å²) in [6, 6.07) is 12.4. The van der Waals surface area contributed by atoms with Crippen LogP contribution < -0.4 is 5.56 Å². The molecule has 1 aromatic carbocycles. The van der Waals surface area contributed by atoms with Crippen LogP contribution in [0.1, 0.15) is 23.2 Å². The van der Waals surface area contributed by atoms with E-state index < -0.39 is 0 Å². The van der Waals surface area contributed by atoms with E-state index in [1.54, 1.807) is 17.2 Å². The van der Waals surface area contributed by atoms with Crippen LogP contribution in [0.15, 0.2) is 57.9 Å². The maximum absolute atomic E-state index is 12.5. The number of nitrogens with zero attached hydrogens (tertiary/aromatic N) is 2. The Labute approximate surface area is 154 Å². The Bertz CT molecular complexity index is 824. The molecule has 0 radical (unpaired) electrons. The number of aromatic nitrogens is 1. The molecular weight excluding hydrogens is 384 g/mol. The molecule has 6 heteroatoms. The van der Waals surface area contributed by atoms with Gasteiger partial charge in [-0.3, -0.25) is 14.4 Å². The lowest BCUT2D eigenvalue weighted by molar-refractivity contribution is -0.133. The molecule has 1 saturated heterocycles. The first-order valence-electron chi connectivity index (χ1n) is 8.27. The Kier molecular flexibility index (Phi) is 5.48. The zero-order valence-electron chi connectivity index (χ0n) is 13.7. The molecule has 0 spiro atoms. The van der Waals surface area contributed by atoms with Gasteiger partial charge in [0.05, 0.1) is 0 Å². The van der Waals surface area contributed by atoms with Crippen molar-refractivity contribution in [1.82, 2.24) is 9.47 Å². The van der Waals surface area contributed by atoms with Crippen molar-refractivity contribution in [2.24, 2.45) is 5.92 Å². The van der Waals surface area contributed by atoms with E-state index in [9.17, 15) is 14.4 Å². The number of halogens is 1. The van der Waals surface area contributed by atoms with Crippen LogP contribution in [0.3, 0.4) is 0 Å². The van der Waals surface area contributed by atoms with E-state index in [2.05, 4.69) is 15.9 Å². The fraction of sp³-hybridized carbons (Fsp3) is 0.316. The zero-order chi connectivity index (χ0) is 17.8. The number of ketones is 1. The van der Waals surface area contributed by atoms with E-state index in [1.807, 2.05) is 30.3 Å². The largest absolute Gasteiger partial charge is 0.341 e. The number of hydrogen-bond acceptors (Lipinski definition) is 3. The molecular formula is C19H19BrN2O3. The van der Waals surface area contributed by atoms with Crippen molar-refractivity contribution < 1.29 is 9.59 Å². The van der Waals surface area contributed by atoms with Crippen LogP contribution in [-0.4, -0.2) is 34.2 Å². The van der Waals surface area contributed by atoms with Gasteiger partial charge in [0.2, 0.25) is 5.91 Å². The molecule has 5 nitrogen and oxygen atoms in total. The molecule has 0 N–H and O–H groups in total. The molecule has 1 fully saturated rings. The summed E-state index contributed by atoms with van der Waals surface area (Å²) >= 11 is 3.31. The topological polar surface area (TPSA) is 59.4 Å². The average molecular weight is 403 g/mol. The number of pyridine rings is 1. The fourth-order valence-electron chi connectivity index (χ4n) is 3.10. The predicted octanol–water partition coefficient (Wildman–Crippen LogP) is 2.73. The summed E-state index contributed by atoms with van der Waals surface area (Å²) in [5.41, 5.74) is 0.527. The fourth-order valence-corrected chi connectivity index (χ4v) is 3.48. The van der Waals surface area contributed by atoms with Crippen LogP contribution in [0, 0.1) is 5.92 Å². The minimum absolute atomic E-state index is 0.0234. The lowest BCUT2D eigenvalue weighted by Crippen LogP contribution is -2.42. The highest BCUT2D eigenvalue weighted by Crippen LogP contribution is 2.22. The minimum atomic E-state index is -0.203. The second-order valence-electron chi connectivity index (χ2n) is 6.20. The second kappa shape index (κ2) is 7.78. The molecule has 0 aliphatic carbocycles. The summed E-state index contributed by atoms with van der Waals surface area (Å²) in [6.45, 7) is 1.12. The van der Waals surface area contributed by atoms with E-state index in [-0.39, 0.29) is 29.7 Å². The van der Waals surface area contributed by atoms with Crippen molar-refractivity contribution in [2.75, 3.05) is 13.1 Å². The van der Waals surface area contributed by atoms with Crippen LogP contribution >= 0.6 is 15.9 Å². The monoisotopic (exact) mass is 402 g/mol. The van der Waals surface area contributed by atoms with Crippen LogP contribution in [0.2, 0.25) is 0 Å². The molecule has 3 rings (SSSR count). The molecule has 1 aromatic heterocycles. The molecule has 0 unspecified atom stereocenters. The molecule has 1 aliphatic heterocycles. The van der Waals surface area contributed by atoms with E-state index in [1.165, 1.54) is 10.6 Å². The lowest BCUT2D eigenvalue weighted by atomic mass is 9.89. The number of piperidine rings is 1. The van der Waals surface area contributed by atoms with Gasteiger partial charge in [-0.2, -0.15) is 0 Å². The highest BCUT2D eigenvalue weighted by atomic mass is 79.9. The molecule has 1 amide bonds. The maximum Gasteiger partial charge on any atom is 0.251 e. The molecule has 1 aliphatic rings. The predicted molar refractivity (Wildman–Crippen MR) is 98.5 cm³/mol. The summed E-state index contributed by atoms with van der Waals surface area (Å²) in [7, 11) is 0. The number of carbonyl (C=O) groups excluding carboxylic acids is 2. The first kappa shape index (κ1) is 17.6. The van der Waals surface area contributed by atoms with Crippen molar-refractivity contribution in [3.8, 4) is 0 Å². The molecule has 2 heterocycles. The quantitative estimate of drug-likeness (QED) is 0.738. The standard InChI is InChI=1S/C19H19BrN2O3/c20-16-6-7-17(23)22(12-16)13-18(24)21-10-8-15(9-11-21)19(25)14-4-2-1-3-5-14/h1-7,12,15H,8-11,13H2. The third-order valence-electron chi connectivity index (χ3n) is 4.53. The van der Waals surface area contributed by atoms with Crippen LogP contribution in [-0.2, 0) is 11.3 Å². The molecule has 0 bridgehead atoms. The number of hydrogen-bond donors (Lipinski definition) is 0. The molecule has 0 saturated carbocycles. The molecule has 25 heavy (non-hydrogen) atoms. The summed E-state index contributed by atoms with van der Waals surface area (Å²) in [5, 5.41) is 0. The number of amides is 1. The molecule has 0 atom stereocenters. The number of rotatable bonds is 4. The van der Waals surface area contributed by atoms with E-state index in [0.29, 0.717) is 25.9 Å². The van der Waals surface area contributed by atoms with Gasteiger partial charge in [-0.15, -0.1) is 0 Å². The van der Waals surface area contributed by atoms with Crippen molar-refractivity contribution >= 4 is 27.6 Å². The van der Waals surface area contributed by atoms with Gasteiger partial charge >= 0.3 is 0 Å². The molecule has 130 valence electrons. The highest BCUT2D eigenvalue weighted by Gasteiger charge is 2.27. The third kappa shape index (κ3) is 4.25. The summed E-state index contributed by atoms with van der Waals surface area (Å²) in [4.78, 5) is 38.5. The van der Waals surface area contributed by atoms with Crippen molar-refractivity contribution in [2.45, 2.75) is 19.4 Å². The van der Waals surface area contributed by atoms with Crippen LogP contribution in [0.4, 0.5) is 0 Å². The van der Waals surface area contributed by atoms with Gasteiger partial charge in [-0.05, 0) is 34.8 Å². The number of carbonyl (C=O) groups is 2. The van der Waals surface area contributed by atoms with Crippen LogP contribution in [0.5, 0.6) is 0 Å². The lowest BCUT2D eigenvalue weighted by Gasteiger charge is -2.31. The van der Waals surface area contributed by atoms with Gasteiger partial charge in [0, 0.05) is 41.3 Å². The second-order valence-corrected chi connectivity index (χ2v) is 7.11. The third-order valence-corrected chi connectivity index (χ3v) is 5.00. The SMILES string of the molecule is O=C(c1ccccc1)C1CCN(C(=O)Cn2cc(Br)ccc2=O)CC1. The number of likely N-dealkylation sites (tertiary alicyclic amines) is 1. The van der Waals surface area contributed by atoms with Crippen LogP contribution in [0.25, 0.3) is 0 Å². The Morgan fingerprint density at radius 3 is 2.40 bits per heavy atom. The van der Waals surface area contributed by atoms with Crippen molar-refractivity contribution in [1.29, 1.82) is 0 Å². The smallest absolute Gasteiger partial charge is 0.251 e. The van der Waals surface area contributed by atoms with E-state index >= 15 is 0 Å².